The quantitative estimate of drug-likeness (QED) is 0.780. The van der Waals surface area contributed by atoms with Gasteiger partial charge in [0.05, 0.1) is 22.2 Å². The van der Waals surface area contributed by atoms with Gasteiger partial charge in [0.15, 0.2) is 0 Å². The molecule has 18 heavy (non-hydrogen) atoms. The van der Waals surface area contributed by atoms with E-state index in [9.17, 15) is 4.39 Å². The van der Waals surface area contributed by atoms with Crippen molar-refractivity contribution >= 4 is 27.5 Å². The number of hydrogen-bond donors (Lipinski definition) is 0. The molecule has 0 saturated heterocycles. The number of benzene rings is 1. The predicted octanol–water partition coefficient (Wildman–Crippen LogP) is 4.30. The summed E-state index contributed by atoms with van der Waals surface area (Å²) in [5.74, 6) is 0.752. The molecule has 0 aliphatic heterocycles. The Labute approximate surface area is 118 Å². The molecule has 0 aliphatic rings. The summed E-state index contributed by atoms with van der Waals surface area (Å²) in [5.41, 5.74) is 1.68. The van der Waals surface area contributed by atoms with Crippen molar-refractivity contribution in [2.24, 2.45) is 0 Å². The fourth-order valence-electron chi connectivity index (χ4n) is 1.37. The van der Waals surface area contributed by atoms with Crippen molar-refractivity contribution in [1.82, 2.24) is 4.98 Å². The van der Waals surface area contributed by atoms with Gasteiger partial charge in [-0.25, -0.2) is 4.39 Å². The molecular weight excluding hydrogens is 321 g/mol. The second kappa shape index (κ2) is 6.16. The molecule has 0 bridgehead atoms. The van der Waals surface area contributed by atoms with Crippen molar-refractivity contribution in [3.63, 3.8) is 0 Å². The summed E-state index contributed by atoms with van der Waals surface area (Å²) >= 11 is 8.77. The highest BCUT2D eigenvalue weighted by Gasteiger charge is 2.02. The number of rotatable bonds is 4. The highest BCUT2D eigenvalue weighted by Crippen LogP contribution is 2.18. The van der Waals surface area contributed by atoms with E-state index in [1.807, 2.05) is 12.1 Å². The van der Waals surface area contributed by atoms with Crippen LogP contribution in [0.15, 0.2) is 41.0 Å². The highest BCUT2D eigenvalue weighted by atomic mass is 79.9. The summed E-state index contributed by atoms with van der Waals surface area (Å²) in [6.45, 7) is 0.362. The minimum absolute atomic E-state index is 0.285. The van der Waals surface area contributed by atoms with Gasteiger partial charge in [-0.2, -0.15) is 0 Å². The smallest absolute Gasteiger partial charge is 0.138 e. The highest BCUT2D eigenvalue weighted by molar-refractivity contribution is 9.10. The summed E-state index contributed by atoms with van der Waals surface area (Å²) in [5, 5.41) is 0. The normalized spacial score (nSPS) is 10.4. The van der Waals surface area contributed by atoms with Gasteiger partial charge in [0, 0.05) is 0 Å². The van der Waals surface area contributed by atoms with Crippen LogP contribution in [0.5, 0.6) is 5.75 Å². The second-order valence-corrected chi connectivity index (χ2v) is 4.78. The summed E-state index contributed by atoms with van der Waals surface area (Å²) < 4.78 is 19.0. The lowest BCUT2D eigenvalue weighted by molar-refractivity contribution is 0.304. The van der Waals surface area contributed by atoms with Crippen LogP contribution in [0.2, 0.25) is 0 Å². The van der Waals surface area contributed by atoms with E-state index in [4.69, 9.17) is 16.3 Å². The van der Waals surface area contributed by atoms with Gasteiger partial charge in [-0.15, -0.1) is 11.6 Å². The number of alkyl halides is 1. The molecule has 2 aromatic rings. The first-order chi connectivity index (χ1) is 8.69. The fraction of sp³-hybridized carbons (Fsp3) is 0.154. The van der Waals surface area contributed by atoms with Gasteiger partial charge in [0.25, 0.3) is 0 Å². The molecule has 0 atom stereocenters. The van der Waals surface area contributed by atoms with E-state index in [0.717, 1.165) is 11.3 Å². The molecule has 0 unspecified atom stereocenters. The Morgan fingerprint density at radius 2 is 2.11 bits per heavy atom. The van der Waals surface area contributed by atoms with Crippen LogP contribution in [-0.4, -0.2) is 4.98 Å². The van der Waals surface area contributed by atoms with Crippen LogP contribution in [0.1, 0.15) is 11.3 Å². The lowest BCUT2D eigenvalue weighted by Crippen LogP contribution is -1.97. The molecule has 0 saturated carbocycles. The SMILES string of the molecule is Fc1ccc(COc2ccc(CCl)nc2)cc1Br. The molecule has 1 heterocycles. The van der Waals surface area contributed by atoms with E-state index in [-0.39, 0.29) is 5.82 Å². The minimum Gasteiger partial charge on any atom is -0.487 e. The van der Waals surface area contributed by atoms with Gasteiger partial charge in [-0.1, -0.05) is 6.07 Å². The first-order valence-corrected chi connectivity index (χ1v) is 6.59. The molecule has 94 valence electrons. The third kappa shape index (κ3) is 3.43. The summed E-state index contributed by atoms with van der Waals surface area (Å²) in [6.07, 6.45) is 1.62. The lowest BCUT2D eigenvalue weighted by atomic mass is 10.2. The number of nitrogens with zero attached hydrogens (tertiary/aromatic N) is 1. The van der Waals surface area contributed by atoms with Crippen molar-refractivity contribution in [3.8, 4) is 5.75 Å². The molecule has 0 spiro atoms. The van der Waals surface area contributed by atoms with E-state index >= 15 is 0 Å². The summed E-state index contributed by atoms with van der Waals surface area (Å²) in [6, 6.07) is 8.39. The van der Waals surface area contributed by atoms with Crippen molar-refractivity contribution in [1.29, 1.82) is 0 Å². The molecular formula is C13H10BrClFNO. The summed E-state index contributed by atoms with van der Waals surface area (Å²) in [4.78, 5) is 4.11. The van der Waals surface area contributed by atoms with Crippen LogP contribution in [0.4, 0.5) is 4.39 Å². The van der Waals surface area contributed by atoms with Gasteiger partial charge >= 0.3 is 0 Å². The zero-order chi connectivity index (χ0) is 13.0. The molecule has 0 fully saturated rings. The standard InChI is InChI=1S/C13H10BrClFNO/c14-12-5-9(1-4-13(12)16)8-18-11-3-2-10(6-15)17-7-11/h1-5,7H,6,8H2. The molecule has 1 aromatic heterocycles. The van der Waals surface area contributed by atoms with E-state index in [0.29, 0.717) is 22.7 Å². The Balaban J connectivity index is 1.99. The fourth-order valence-corrected chi connectivity index (χ4v) is 1.96. The average molecular weight is 331 g/mol. The van der Waals surface area contributed by atoms with Gasteiger partial charge in [0.2, 0.25) is 0 Å². The van der Waals surface area contributed by atoms with Crippen molar-refractivity contribution in [2.45, 2.75) is 12.5 Å². The Hall–Kier alpha value is -1.13. The first kappa shape index (κ1) is 13.3. The van der Waals surface area contributed by atoms with E-state index in [1.165, 1.54) is 6.07 Å². The van der Waals surface area contributed by atoms with Crippen molar-refractivity contribution in [2.75, 3.05) is 0 Å². The molecule has 2 nitrogen and oxygen atoms in total. The minimum atomic E-state index is -0.285. The number of halogens is 3. The largest absolute Gasteiger partial charge is 0.487 e. The van der Waals surface area contributed by atoms with Crippen LogP contribution < -0.4 is 4.74 Å². The maximum atomic E-state index is 13.0. The average Bonchev–Trinajstić information content (AvgIpc) is 2.41. The zero-order valence-corrected chi connectivity index (χ0v) is 11.7. The Morgan fingerprint density at radius 1 is 1.28 bits per heavy atom. The Bertz CT molecular complexity index is 533. The van der Waals surface area contributed by atoms with Crippen LogP contribution >= 0.6 is 27.5 Å². The maximum Gasteiger partial charge on any atom is 0.138 e. The molecule has 0 amide bonds. The Morgan fingerprint density at radius 3 is 2.72 bits per heavy atom. The molecule has 5 heteroatoms. The molecule has 2 rings (SSSR count). The van der Waals surface area contributed by atoms with Crippen LogP contribution in [-0.2, 0) is 12.5 Å². The van der Waals surface area contributed by atoms with Gasteiger partial charge in [0.1, 0.15) is 18.2 Å². The van der Waals surface area contributed by atoms with E-state index in [2.05, 4.69) is 20.9 Å². The molecule has 0 aliphatic carbocycles. The maximum absolute atomic E-state index is 13.0. The molecule has 0 radical (unpaired) electrons. The van der Waals surface area contributed by atoms with Crippen LogP contribution in [0, 0.1) is 5.82 Å². The third-order valence-corrected chi connectivity index (χ3v) is 3.21. The van der Waals surface area contributed by atoms with Crippen molar-refractivity contribution < 1.29 is 9.13 Å². The summed E-state index contributed by atoms with van der Waals surface area (Å²) in [7, 11) is 0. The number of hydrogen-bond acceptors (Lipinski definition) is 2. The zero-order valence-electron chi connectivity index (χ0n) is 9.37. The van der Waals surface area contributed by atoms with Crippen LogP contribution in [0.25, 0.3) is 0 Å². The second-order valence-electron chi connectivity index (χ2n) is 3.66. The molecule has 0 N–H and O–H groups in total. The number of aromatic nitrogens is 1. The predicted molar refractivity (Wildman–Crippen MR) is 72.2 cm³/mol. The Kier molecular flexibility index (Phi) is 4.55. The molecule has 1 aromatic carbocycles. The number of pyridine rings is 1. The van der Waals surface area contributed by atoms with Gasteiger partial charge in [-0.05, 0) is 45.8 Å². The third-order valence-electron chi connectivity index (χ3n) is 2.32. The van der Waals surface area contributed by atoms with E-state index in [1.54, 1.807) is 18.3 Å². The van der Waals surface area contributed by atoms with Gasteiger partial charge < -0.3 is 4.74 Å². The first-order valence-electron chi connectivity index (χ1n) is 5.26. The van der Waals surface area contributed by atoms with Gasteiger partial charge in [-0.3, -0.25) is 4.98 Å². The topological polar surface area (TPSA) is 22.1 Å². The monoisotopic (exact) mass is 329 g/mol. The van der Waals surface area contributed by atoms with Crippen LogP contribution in [0.3, 0.4) is 0 Å². The van der Waals surface area contributed by atoms with Crippen molar-refractivity contribution in [3.05, 3.63) is 58.1 Å². The number of ether oxygens (including phenoxy) is 1. The van der Waals surface area contributed by atoms with E-state index < -0.39 is 0 Å². The lowest BCUT2D eigenvalue weighted by Gasteiger charge is -2.07.